The number of piperidine rings is 1. The standard InChI is InChI=1S/C9H20NO5P/c11-6-5-10-4-2-1-3-8(10)7-9(12)16(13,14)15/h8-9,11-12H,1-7H2,(H2,13,14,15). The van der Waals surface area contributed by atoms with Crippen LogP contribution < -0.4 is 0 Å². The van der Waals surface area contributed by atoms with E-state index in [9.17, 15) is 9.67 Å². The van der Waals surface area contributed by atoms with Crippen molar-refractivity contribution < 1.29 is 24.6 Å². The first kappa shape index (κ1) is 14.1. The molecule has 0 radical (unpaired) electrons. The lowest BCUT2D eigenvalue weighted by Gasteiger charge is -2.36. The highest BCUT2D eigenvalue weighted by Gasteiger charge is 2.32. The normalized spacial score (nSPS) is 25.6. The highest BCUT2D eigenvalue weighted by Crippen LogP contribution is 2.42. The summed E-state index contributed by atoms with van der Waals surface area (Å²) in [6.07, 6.45) is 2.92. The first-order valence-corrected chi connectivity index (χ1v) is 7.21. The quantitative estimate of drug-likeness (QED) is 0.503. The fraction of sp³-hybridized carbons (Fsp3) is 1.00. The Labute approximate surface area is 95.1 Å². The largest absolute Gasteiger partial charge is 0.395 e. The first-order valence-electron chi connectivity index (χ1n) is 5.53. The zero-order chi connectivity index (χ0) is 12.2. The van der Waals surface area contributed by atoms with Gasteiger partial charge >= 0.3 is 7.60 Å². The van der Waals surface area contributed by atoms with E-state index in [1.165, 1.54) is 0 Å². The Morgan fingerprint density at radius 1 is 1.38 bits per heavy atom. The van der Waals surface area contributed by atoms with Gasteiger partial charge in [-0.2, -0.15) is 0 Å². The van der Waals surface area contributed by atoms with Crippen LogP contribution in [0.3, 0.4) is 0 Å². The van der Waals surface area contributed by atoms with Gasteiger partial charge in [0.25, 0.3) is 0 Å². The maximum absolute atomic E-state index is 10.8. The Morgan fingerprint density at radius 3 is 2.62 bits per heavy atom. The van der Waals surface area contributed by atoms with E-state index in [4.69, 9.17) is 14.9 Å². The number of hydrogen-bond donors (Lipinski definition) is 4. The average Bonchev–Trinajstić information content (AvgIpc) is 2.20. The summed E-state index contributed by atoms with van der Waals surface area (Å²) in [7, 11) is -4.40. The molecule has 1 fully saturated rings. The van der Waals surface area contributed by atoms with Crippen LogP contribution in [0.2, 0.25) is 0 Å². The number of likely N-dealkylation sites (tertiary alicyclic amines) is 1. The molecule has 0 amide bonds. The molecule has 1 aliphatic heterocycles. The number of β-amino-alcohol motifs (C(OH)–C–C–N with tert-alkyl or cyclic N) is 1. The van der Waals surface area contributed by atoms with Crippen molar-refractivity contribution in [2.24, 2.45) is 0 Å². The van der Waals surface area contributed by atoms with E-state index in [1.54, 1.807) is 0 Å². The summed E-state index contributed by atoms with van der Waals surface area (Å²) in [4.78, 5) is 19.6. The topological polar surface area (TPSA) is 101 Å². The molecule has 0 aliphatic carbocycles. The Kier molecular flexibility index (Phi) is 5.37. The van der Waals surface area contributed by atoms with Crippen LogP contribution in [0.15, 0.2) is 0 Å². The minimum absolute atomic E-state index is 0.0303. The molecule has 16 heavy (non-hydrogen) atoms. The van der Waals surface area contributed by atoms with E-state index in [1.807, 2.05) is 4.90 Å². The molecule has 1 aliphatic rings. The smallest absolute Gasteiger partial charge is 0.353 e. The summed E-state index contributed by atoms with van der Waals surface area (Å²) < 4.78 is 10.8. The van der Waals surface area contributed by atoms with Crippen LogP contribution in [-0.4, -0.2) is 56.5 Å². The lowest BCUT2D eigenvalue weighted by Crippen LogP contribution is -2.42. The molecule has 1 saturated heterocycles. The predicted octanol–water partition coefficient (Wildman–Crippen LogP) is -0.281. The van der Waals surface area contributed by atoms with Gasteiger partial charge in [0.2, 0.25) is 0 Å². The maximum atomic E-state index is 10.8. The molecule has 0 aromatic carbocycles. The van der Waals surface area contributed by atoms with Crippen LogP contribution in [0.25, 0.3) is 0 Å². The average molecular weight is 253 g/mol. The van der Waals surface area contributed by atoms with Crippen molar-refractivity contribution >= 4 is 7.60 Å². The molecule has 0 spiro atoms. The van der Waals surface area contributed by atoms with Crippen LogP contribution in [0.5, 0.6) is 0 Å². The highest BCUT2D eigenvalue weighted by molar-refractivity contribution is 7.52. The van der Waals surface area contributed by atoms with Crippen molar-refractivity contribution in [3.63, 3.8) is 0 Å². The number of hydrogen-bond acceptors (Lipinski definition) is 4. The van der Waals surface area contributed by atoms with Gasteiger partial charge < -0.3 is 20.0 Å². The number of nitrogens with zero attached hydrogens (tertiary/aromatic N) is 1. The summed E-state index contributed by atoms with van der Waals surface area (Å²) >= 11 is 0. The monoisotopic (exact) mass is 253 g/mol. The van der Waals surface area contributed by atoms with Crippen molar-refractivity contribution in [2.75, 3.05) is 19.7 Å². The summed E-state index contributed by atoms with van der Waals surface area (Å²) in [5.74, 6) is -1.59. The van der Waals surface area contributed by atoms with Gasteiger partial charge in [-0.1, -0.05) is 6.42 Å². The van der Waals surface area contributed by atoms with Gasteiger partial charge in [-0.25, -0.2) is 0 Å². The molecule has 0 saturated carbocycles. The van der Waals surface area contributed by atoms with Gasteiger partial charge in [0, 0.05) is 19.0 Å². The van der Waals surface area contributed by atoms with Crippen molar-refractivity contribution in [1.29, 1.82) is 0 Å². The highest BCUT2D eigenvalue weighted by atomic mass is 31.2. The van der Waals surface area contributed by atoms with Gasteiger partial charge in [-0.3, -0.25) is 9.46 Å². The van der Waals surface area contributed by atoms with Gasteiger partial charge in [-0.15, -0.1) is 0 Å². The third kappa shape index (κ3) is 4.13. The summed E-state index contributed by atoms with van der Waals surface area (Å²) in [5, 5.41) is 18.2. The van der Waals surface area contributed by atoms with Gasteiger partial charge in [0.1, 0.15) is 0 Å². The molecular formula is C9H20NO5P. The lowest BCUT2D eigenvalue weighted by molar-refractivity contribution is 0.0815. The second-order valence-electron chi connectivity index (χ2n) is 4.21. The minimum Gasteiger partial charge on any atom is -0.395 e. The Morgan fingerprint density at radius 2 is 2.06 bits per heavy atom. The maximum Gasteiger partial charge on any atom is 0.353 e. The molecular weight excluding hydrogens is 233 g/mol. The van der Waals surface area contributed by atoms with Crippen LogP contribution in [0, 0.1) is 0 Å². The van der Waals surface area contributed by atoms with Gasteiger partial charge in [0.05, 0.1) is 6.61 Å². The molecule has 1 rings (SSSR count). The zero-order valence-electron chi connectivity index (χ0n) is 9.20. The fourth-order valence-electron chi connectivity index (χ4n) is 2.13. The molecule has 0 aromatic rings. The van der Waals surface area contributed by atoms with E-state index >= 15 is 0 Å². The SMILES string of the molecule is O=P(O)(O)C(O)CC1CCCCN1CCO. The number of rotatable bonds is 5. The third-order valence-corrected chi connectivity index (χ3v) is 3.99. The van der Waals surface area contributed by atoms with E-state index in [0.29, 0.717) is 6.54 Å². The van der Waals surface area contributed by atoms with Crippen LogP contribution in [0.1, 0.15) is 25.7 Å². The fourth-order valence-corrected chi connectivity index (χ4v) is 2.65. The van der Waals surface area contributed by atoms with E-state index < -0.39 is 13.4 Å². The number of aliphatic hydroxyl groups is 2. The molecule has 2 atom stereocenters. The molecule has 7 heteroatoms. The van der Waals surface area contributed by atoms with Gasteiger partial charge in [-0.05, 0) is 19.4 Å². The summed E-state index contributed by atoms with van der Waals surface area (Å²) in [6, 6.07) is -0.0384. The van der Waals surface area contributed by atoms with E-state index in [0.717, 1.165) is 25.8 Å². The number of aliphatic hydroxyl groups excluding tert-OH is 2. The first-order chi connectivity index (χ1) is 7.45. The van der Waals surface area contributed by atoms with Crippen molar-refractivity contribution in [3.8, 4) is 0 Å². The molecule has 6 nitrogen and oxygen atoms in total. The Balaban J connectivity index is 2.52. The molecule has 1 heterocycles. The predicted molar refractivity (Wildman–Crippen MR) is 59.0 cm³/mol. The van der Waals surface area contributed by atoms with Crippen LogP contribution in [-0.2, 0) is 4.57 Å². The lowest BCUT2D eigenvalue weighted by atomic mass is 10.00. The van der Waals surface area contributed by atoms with Crippen LogP contribution in [0.4, 0.5) is 0 Å². The summed E-state index contributed by atoms with van der Waals surface area (Å²) in [6.45, 7) is 1.35. The Hall–Kier alpha value is 0.0300. The molecule has 0 bridgehead atoms. The van der Waals surface area contributed by atoms with Crippen LogP contribution >= 0.6 is 7.60 Å². The Bertz CT molecular complexity index is 254. The van der Waals surface area contributed by atoms with E-state index in [2.05, 4.69) is 0 Å². The second kappa shape index (κ2) is 6.10. The van der Waals surface area contributed by atoms with Crippen molar-refractivity contribution in [2.45, 2.75) is 37.6 Å². The van der Waals surface area contributed by atoms with Gasteiger partial charge in [0.15, 0.2) is 5.85 Å². The van der Waals surface area contributed by atoms with E-state index in [-0.39, 0.29) is 19.1 Å². The summed E-state index contributed by atoms with van der Waals surface area (Å²) in [5.41, 5.74) is 0. The minimum atomic E-state index is -4.40. The molecule has 0 aromatic heterocycles. The second-order valence-corrected chi connectivity index (χ2v) is 5.99. The molecule has 96 valence electrons. The molecule has 2 unspecified atom stereocenters. The van der Waals surface area contributed by atoms with Crippen molar-refractivity contribution in [1.82, 2.24) is 4.90 Å². The van der Waals surface area contributed by atoms with Crippen molar-refractivity contribution in [3.05, 3.63) is 0 Å². The zero-order valence-corrected chi connectivity index (χ0v) is 10.1. The third-order valence-electron chi connectivity index (χ3n) is 3.01. The molecule has 4 N–H and O–H groups in total.